The van der Waals surface area contributed by atoms with Crippen molar-refractivity contribution in [1.82, 2.24) is 4.90 Å². The van der Waals surface area contributed by atoms with Crippen LogP contribution in [0, 0.1) is 12.8 Å². The van der Waals surface area contributed by atoms with Crippen molar-refractivity contribution in [2.75, 3.05) is 20.7 Å². The fraction of sp³-hybridized carbons (Fsp3) is 0.500. The first kappa shape index (κ1) is 16.2. The van der Waals surface area contributed by atoms with Gasteiger partial charge in [-0.25, -0.2) is 4.99 Å². The van der Waals surface area contributed by atoms with Gasteiger partial charge in [0, 0.05) is 25.6 Å². The first-order valence-corrected chi connectivity index (χ1v) is 6.88. The number of benzene rings is 1. The lowest BCUT2D eigenvalue weighted by Crippen LogP contribution is -2.14. The van der Waals surface area contributed by atoms with Crippen LogP contribution in [-0.2, 0) is 0 Å². The van der Waals surface area contributed by atoms with E-state index in [9.17, 15) is 4.79 Å². The maximum absolute atomic E-state index is 12.2. The van der Waals surface area contributed by atoms with E-state index >= 15 is 0 Å². The van der Waals surface area contributed by atoms with Gasteiger partial charge >= 0.3 is 0 Å². The van der Waals surface area contributed by atoms with Crippen LogP contribution in [0.4, 0.5) is 5.69 Å². The van der Waals surface area contributed by atoms with Crippen LogP contribution in [0.1, 0.15) is 36.7 Å². The van der Waals surface area contributed by atoms with Crippen molar-refractivity contribution in [1.29, 1.82) is 0 Å². The molecule has 0 fully saturated rings. The number of ether oxygens (including phenoxy) is 1. The van der Waals surface area contributed by atoms with Gasteiger partial charge in [0.05, 0.1) is 24.7 Å². The van der Waals surface area contributed by atoms with Crippen molar-refractivity contribution in [3.8, 4) is 5.75 Å². The third kappa shape index (κ3) is 3.83. The first-order chi connectivity index (χ1) is 9.40. The molecular formula is C16H24N2O2. The summed E-state index contributed by atoms with van der Waals surface area (Å²) in [7, 11) is 3.54. The van der Waals surface area contributed by atoms with E-state index in [0.29, 0.717) is 11.3 Å². The Kier molecular flexibility index (Phi) is 5.74. The second-order valence-electron chi connectivity index (χ2n) is 5.18. The molecule has 4 nitrogen and oxygen atoms in total. The number of ketones is 1. The lowest BCUT2D eigenvalue weighted by molar-refractivity contribution is 0.0936. The zero-order valence-corrected chi connectivity index (χ0v) is 13.2. The van der Waals surface area contributed by atoms with Gasteiger partial charge in [0.2, 0.25) is 0 Å². The fourth-order valence-corrected chi connectivity index (χ4v) is 1.73. The smallest absolute Gasteiger partial charge is 0.169 e. The van der Waals surface area contributed by atoms with E-state index in [4.69, 9.17) is 4.74 Å². The molecule has 4 heteroatoms. The molecule has 0 unspecified atom stereocenters. The molecule has 0 aliphatic rings. The van der Waals surface area contributed by atoms with Crippen LogP contribution in [-0.4, -0.2) is 37.7 Å². The molecule has 0 aromatic heterocycles. The molecule has 0 bridgehead atoms. The highest BCUT2D eigenvalue weighted by Crippen LogP contribution is 2.30. The molecule has 0 amide bonds. The van der Waals surface area contributed by atoms with Gasteiger partial charge in [-0.2, -0.15) is 0 Å². The summed E-state index contributed by atoms with van der Waals surface area (Å²) >= 11 is 0. The van der Waals surface area contributed by atoms with Crippen LogP contribution in [0.25, 0.3) is 0 Å². The fourth-order valence-electron chi connectivity index (χ4n) is 1.73. The molecule has 110 valence electrons. The predicted octanol–water partition coefficient (Wildman–Crippen LogP) is 3.45. The van der Waals surface area contributed by atoms with Crippen LogP contribution < -0.4 is 4.74 Å². The summed E-state index contributed by atoms with van der Waals surface area (Å²) in [6.45, 7) is 8.68. The Morgan fingerprint density at radius 3 is 2.60 bits per heavy atom. The molecular weight excluding hydrogens is 252 g/mol. The number of Topliss-reactive ketones (excluding diaryl/α,β-unsaturated/α-hetero) is 1. The van der Waals surface area contributed by atoms with Crippen molar-refractivity contribution < 1.29 is 9.53 Å². The molecule has 1 aromatic rings. The van der Waals surface area contributed by atoms with E-state index in [1.165, 1.54) is 0 Å². The highest BCUT2D eigenvalue weighted by atomic mass is 16.5. The number of hydrogen-bond donors (Lipinski definition) is 0. The molecule has 0 radical (unpaired) electrons. The maximum atomic E-state index is 12.2. The van der Waals surface area contributed by atoms with Crippen LogP contribution in [0.5, 0.6) is 5.75 Å². The highest BCUT2D eigenvalue weighted by Gasteiger charge is 2.17. The molecule has 0 N–H and O–H groups in total. The number of carbonyl (C=O) groups is 1. The van der Waals surface area contributed by atoms with E-state index in [2.05, 4.69) is 11.9 Å². The average molecular weight is 276 g/mol. The van der Waals surface area contributed by atoms with Gasteiger partial charge in [0.1, 0.15) is 5.75 Å². The number of methoxy groups -OCH3 is 1. The average Bonchev–Trinajstić information content (AvgIpc) is 2.44. The SMILES string of the molecule is CCN(C)/C=N/c1cc(OC)c(C(=O)C(C)C)cc1C. The van der Waals surface area contributed by atoms with Crippen molar-refractivity contribution in [3.63, 3.8) is 0 Å². The number of aryl methyl sites for hydroxylation is 1. The number of rotatable bonds is 6. The number of hydrogen-bond acceptors (Lipinski definition) is 3. The van der Waals surface area contributed by atoms with Gasteiger partial charge in [0.25, 0.3) is 0 Å². The van der Waals surface area contributed by atoms with Crippen LogP contribution >= 0.6 is 0 Å². The Balaban J connectivity index is 3.20. The molecule has 0 aliphatic carbocycles. The normalized spacial score (nSPS) is 11.2. The molecule has 0 heterocycles. The van der Waals surface area contributed by atoms with Gasteiger partial charge in [-0.1, -0.05) is 13.8 Å². The Hall–Kier alpha value is -1.84. The van der Waals surface area contributed by atoms with Crippen LogP contribution in [0.15, 0.2) is 17.1 Å². The Labute approximate surface area is 121 Å². The predicted molar refractivity (Wildman–Crippen MR) is 83.4 cm³/mol. The van der Waals surface area contributed by atoms with E-state index < -0.39 is 0 Å². The Morgan fingerprint density at radius 2 is 2.10 bits per heavy atom. The van der Waals surface area contributed by atoms with Crippen molar-refractivity contribution >= 4 is 17.8 Å². The monoisotopic (exact) mass is 276 g/mol. The summed E-state index contributed by atoms with van der Waals surface area (Å²) in [5.41, 5.74) is 2.42. The topological polar surface area (TPSA) is 41.9 Å². The van der Waals surface area contributed by atoms with Crippen molar-refractivity contribution in [2.45, 2.75) is 27.7 Å². The minimum absolute atomic E-state index is 0.0520. The second-order valence-corrected chi connectivity index (χ2v) is 5.18. The van der Waals surface area contributed by atoms with E-state index in [-0.39, 0.29) is 11.7 Å². The summed E-state index contributed by atoms with van der Waals surface area (Å²) in [5.74, 6) is 0.621. The van der Waals surface area contributed by atoms with Gasteiger partial charge in [-0.3, -0.25) is 4.79 Å². The number of carbonyl (C=O) groups excluding carboxylic acids is 1. The van der Waals surface area contributed by atoms with E-state index in [1.807, 2.05) is 44.9 Å². The van der Waals surface area contributed by atoms with Gasteiger partial charge in [-0.05, 0) is 25.5 Å². The molecule has 1 aromatic carbocycles. The number of nitrogens with zero attached hydrogens (tertiary/aromatic N) is 2. The lowest BCUT2D eigenvalue weighted by Gasteiger charge is -2.13. The van der Waals surface area contributed by atoms with E-state index in [0.717, 1.165) is 17.8 Å². The van der Waals surface area contributed by atoms with Gasteiger partial charge in [-0.15, -0.1) is 0 Å². The molecule has 0 saturated heterocycles. The molecule has 0 saturated carbocycles. The van der Waals surface area contributed by atoms with Crippen LogP contribution in [0.3, 0.4) is 0 Å². The summed E-state index contributed by atoms with van der Waals surface area (Å²) in [5, 5.41) is 0. The summed E-state index contributed by atoms with van der Waals surface area (Å²) in [6.07, 6.45) is 1.78. The Bertz CT molecular complexity index is 507. The van der Waals surface area contributed by atoms with E-state index in [1.54, 1.807) is 13.4 Å². The van der Waals surface area contributed by atoms with Gasteiger partial charge in [0.15, 0.2) is 5.78 Å². The van der Waals surface area contributed by atoms with Crippen LogP contribution in [0.2, 0.25) is 0 Å². The second kappa shape index (κ2) is 7.08. The van der Waals surface area contributed by atoms with Crippen molar-refractivity contribution in [3.05, 3.63) is 23.3 Å². The standard InChI is InChI=1S/C16H24N2O2/c1-7-18(5)10-17-14-9-15(20-6)13(8-12(14)4)16(19)11(2)3/h8-11H,7H2,1-6H3/b17-10+. The minimum Gasteiger partial charge on any atom is -0.496 e. The molecule has 0 spiro atoms. The zero-order valence-electron chi connectivity index (χ0n) is 13.2. The molecule has 0 aliphatic heterocycles. The quantitative estimate of drug-likeness (QED) is 0.454. The summed E-state index contributed by atoms with van der Waals surface area (Å²) in [4.78, 5) is 18.6. The third-order valence-electron chi connectivity index (χ3n) is 3.20. The van der Waals surface area contributed by atoms with Gasteiger partial charge < -0.3 is 9.64 Å². The molecule has 20 heavy (non-hydrogen) atoms. The highest BCUT2D eigenvalue weighted by molar-refractivity contribution is 6.00. The molecule has 0 atom stereocenters. The third-order valence-corrected chi connectivity index (χ3v) is 3.20. The Morgan fingerprint density at radius 1 is 1.45 bits per heavy atom. The molecule has 1 rings (SSSR count). The maximum Gasteiger partial charge on any atom is 0.169 e. The lowest BCUT2D eigenvalue weighted by atomic mass is 9.98. The van der Waals surface area contributed by atoms with Crippen molar-refractivity contribution in [2.24, 2.45) is 10.9 Å². The number of aliphatic imine (C=N–C) groups is 1. The largest absolute Gasteiger partial charge is 0.496 e. The first-order valence-electron chi connectivity index (χ1n) is 6.88. The summed E-state index contributed by atoms with van der Waals surface area (Å²) in [6, 6.07) is 3.69. The zero-order chi connectivity index (χ0) is 15.3. The minimum atomic E-state index is -0.0520. The summed E-state index contributed by atoms with van der Waals surface area (Å²) < 4.78 is 5.34.